The van der Waals surface area contributed by atoms with Crippen molar-refractivity contribution >= 4 is 0 Å². The molecule has 0 fully saturated rings. The molecule has 1 unspecified atom stereocenters. The molecule has 0 saturated carbocycles. The van der Waals surface area contributed by atoms with Gasteiger partial charge in [0.2, 0.25) is 0 Å². The second kappa shape index (κ2) is 5.70. The summed E-state index contributed by atoms with van der Waals surface area (Å²) in [4.78, 5) is 7.00. The van der Waals surface area contributed by atoms with Gasteiger partial charge in [0.15, 0.2) is 0 Å². The van der Waals surface area contributed by atoms with Crippen LogP contribution < -0.4 is 5.32 Å². The highest BCUT2D eigenvalue weighted by atomic mass is 19.3. The standard InChI is InChI=1S/C9H15F2N3/c1-7(9(10)11)12-4-2-3-8-13-5-6-14-8/h5-7,9,12H,2-4H2,1H3,(H,13,14). The van der Waals surface area contributed by atoms with Crippen LogP contribution in [0.2, 0.25) is 0 Å². The van der Waals surface area contributed by atoms with Gasteiger partial charge in [-0.1, -0.05) is 0 Å². The molecule has 0 aliphatic rings. The molecule has 0 spiro atoms. The highest BCUT2D eigenvalue weighted by Crippen LogP contribution is 2.00. The second-order valence-corrected chi connectivity index (χ2v) is 3.22. The lowest BCUT2D eigenvalue weighted by Gasteiger charge is -2.11. The van der Waals surface area contributed by atoms with Crippen molar-refractivity contribution in [3.8, 4) is 0 Å². The Kier molecular flexibility index (Phi) is 4.52. The van der Waals surface area contributed by atoms with E-state index in [1.165, 1.54) is 6.92 Å². The molecular formula is C9H15F2N3. The van der Waals surface area contributed by atoms with Crippen LogP contribution in [0.4, 0.5) is 8.78 Å². The zero-order valence-electron chi connectivity index (χ0n) is 8.13. The molecule has 0 aliphatic heterocycles. The van der Waals surface area contributed by atoms with Gasteiger partial charge in [0.05, 0.1) is 6.04 Å². The Bertz CT molecular complexity index is 236. The van der Waals surface area contributed by atoms with E-state index < -0.39 is 12.5 Å². The predicted octanol–water partition coefficient (Wildman–Crippen LogP) is 1.59. The van der Waals surface area contributed by atoms with Crippen molar-refractivity contribution in [3.05, 3.63) is 18.2 Å². The van der Waals surface area contributed by atoms with E-state index in [0.29, 0.717) is 6.54 Å². The number of hydrogen-bond acceptors (Lipinski definition) is 2. The molecule has 5 heteroatoms. The maximum absolute atomic E-state index is 12.0. The molecule has 1 heterocycles. The van der Waals surface area contributed by atoms with E-state index >= 15 is 0 Å². The number of rotatable bonds is 6. The lowest BCUT2D eigenvalue weighted by Crippen LogP contribution is -2.33. The quantitative estimate of drug-likeness (QED) is 0.689. The van der Waals surface area contributed by atoms with Crippen LogP contribution in [0.1, 0.15) is 19.2 Å². The van der Waals surface area contributed by atoms with Crippen LogP contribution >= 0.6 is 0 Å². The molecule has 1 rings (SSSR count). The molecule has 14 heavy (non-hydrogen) atoms. The van der Waals surface area contributed by atoms with Gasteiger partial charge in [-0.3, -0.25) is 0 Å². The Balaban J connectivity index is 2.05. The summed E-state index contributed by atoms with van der Waals surface area (Å²) >= 11 is 0. The number of aryl methyl sites for hydroxylation is 1. The largest absolute Gasteiger partial charge is 0.349 e. The van der Waals surface area contributed by atoms with Crippen LogP contribution in [0.25, 0.3) is 0 Å². The summed E-state index contributed by atoms with van der Waals surface area (Å²) in [5, 5.41) is 2.75. The fraction of sp³-hybridized carbons (Fsp3) is 0.667. The van der Waals surface area contributed by atoms with Gasteiger partial charge in [0, 0.05) is 18.8 Å². The van der Waals surface area contributed by atoms with E-state index in [0.717, 1.165) is 18.7 Å². The Morgan fingerprint density at radius 1 is 1.57 bits per heavy atom. The van der Waals surface area contributed by atoms with Crippen molar-refractivity contribution in [3.63, 3.8) is 0 Å². The number of aromatic nitrogens is 2. The van der Waals surface area contributed by atoms with Gasteiger partial charge in [0.25, 0.3) is 6.43 Å². The fourth-order valence-corrected chi connectivity index (χ4v) is 1.11. The number of aromatic amines is 1. The average molecular weight is 203 g/mol. The summed E-state index contributed by atoms with van der Waals surface area (Å²) < 4.78 is 24.1. The summed E-state index contributed by atoms with van der Waals surface area (Å²) in [6.07, 6.45) is 2.74. The molecule has 80 valence electrons. The predicted molar refractivity (Wildman–Crippen MR) is 50.4 cm³/mol. The Hall–Kier alpha value is -0.970. The van der Waals surface area contributed by atoms with Gasteiger partial charge < -0.3 is 10.3 Å². The maximum Gasteiger partial charge on any atom is 0.253 e. The molecule has 3 nitrogen and oxygen atoms in total. The minimum Gasteiger partial charge on any atom is -0.349 e. The van der Waals surface area contributed by atoms with Crippen LogP contribution in [-0.2, 0) is 6.42 Å². The van der Waals surface area contributed by atoms with Gasteiger partial charge >= 0.3 is 0 Å². The smallest absolute Gasteiger partial charge is 0.253 e. The molecule has 0 radical (unpaired) electrons. The molecule has 0 aromatic carbocycles. The normalized spacial score (nSPS) is 13.4. The number of halogens is 2. The minimum atomic E-state index is -2.29. The van der Waals surface area contributed by atoms with Crippen LogP contribution in [0.5, 0.6) is 0 Å². The van der Waals surface area contributed by atoms with Gasteiger partial charge in [-0.25, -0.2) is 13.8 Å². The summed E-state index contributed by atoms with van der Waals surface area (Å²) in [6.45, 7) is 2.07. The van der Waals surface area contributed by atoms with Crippen molar-refractivity contribution in [1.82, 2.24) is 15.3 Å². The second-order valence-electron chi connectivity index (χ2n) is 3.22. The zero-order chi connectivity index (χ0) is 10.4. The first-order chi connectivity index (χ1) is 6.70. The van der Waals surface area contributed by atoms with Gasteiger partial charge in [-0.15, -0.1) is 0 Å². The first-order valence-corrected chi connectivity index (χ1v) is 4.70. The number of hydrogen-bond donors (Lipinski definition) is 2. The van der Waals surface area contributed by atoms with Crippen LogP contribution in [0.15, 0.2) is 12.4 Å². The third-order valence-corrected chi connectivity index (χ3v) is 1.99. The van der Waals surface area contributed by atoms with Crippen molar-refractivity contribution in [2.24, 2.45) is 0 Å². The molecule has 0 amide bonds. The van der Waals surface area contributed by atoms with Gasteiger partial charge in [0.1, 0.15) is 5.82 Å². The number of nitrogens with zero attached hydrogens (tertiary/aromatic N) is 1. The molecule has 0 aliphatic carbocycles. The Morgan fingerprint density at radius 3 is 2.93 bits per heavy atom. The third kappa shape index (κ3) is 3.83. The third-order valence-electron chi connectivity index (χ3n) is 1.99. The van der Waals surface area contributed by atoms with Crippen LogP contribution in [0.3, 0.4) is 0 Å². The Labute approximate surface area is 81.9 Å². The maximum atomic E-state index is 12.0. The van der Waals surface area contributed by atoms with E-state index in [9.17, 15) is 8.78 Å². The zero-order valence-corrected chi connectivity index (χ0v) is 8.13. The first kappa shape index (κ1) is 11.1. The summed E-state index contributed by atoms with van der Waals surface area (Å²) in [5.41, 5.74) is 0. The SMILES string of the molecule is CC(NCCCc1ncc[nH]1)C(F)F. The van der Waals surface area contributed by atoms with E-state index in [4.69, 9.17) is 0 Å². The van der Waals surface area contributed by atoms with Gasteiger partial charge in [-0.05, 0) is 19.9 Å². The minimum absolute atomic E-state index is 0.589. The van der Waals surface area contributed by atoms with Crippen molar-refractivity contribution in [2.45, 2.75) is 32.2 Å². The molecule has 1 aromatic heterocycles. The fourth-order valence-electron chi connectivity index (χ4n) is 1.11. The highest BCUT2D eigenvalue weighted by Gasteiger charge is 2.12. The van der Waals surface area contributed by atoms with E-state index in [1.54, 1.807) is 12.4 Å². The van der Waals surface area contributed by atoms with E-state index in [2.05, 4.69) is 15.3 Å². The van der Waals surface area contributed by atoms with Gasteiger partial charge in [-0.2, -0.15) is 0 Å². The van der Waals surface area contributed by atoms with E-state index in [-0.39, 0.29) is 0 Å². The Morgan fingerprint density at radius 2 is 2.36 bits per heavy atom. The van der Waals surface area contributed by atoms with Crippen molar-refractivity contribution in [1.29, 1.82) is 0 Å². The summed E-state index contributed by atoms with van der Waals surface area (Å²) in [6, 6.07) is -0.730. The summed E-state index contributed by atoms with van der Waals surface area (Å²) in [7, 11) is 0. The molecule has 1 aromatic rings. The lowest BCUT2D eigenvalue weighted by molar-refractivity contribution is 0.106. The monoisotopic (exact) mass is 203 g/mol. The highest BCUT2D eigenvalue weighted by molar-refractivity contribution is 4.86. The first-order valence-electron chi connectivity index (χ1n) is 4.70. The van der Waals surface area contributed by atoms with Crippen LogP contribution in [0, 0.1) is 0 Å². The molecule has 0 saturated heterocycles. The number of H-pyrrole nitrogens is 1. The number of nitrogens with one attached hydrogen (secondary N) is 2. The number of imidazole rings is 1. The topological polar surface area (TPSA) is 40.7 Å². The van der Waals surface area contributed by atoms with Crippen molar-refractivity contribution in [2.75, 3.05) is 6.54 Å². The molecular weight excluding hydrogens is 188 g/mol. The van der Waals surface area contributed by atoms with Crippen molar-refractivity contribution < 1.29 is 8.78 Å². The van der Waals surface area contributed by atoms with E-state index in [1.807, 2.05) is 0 Å². The molecule has 1 atom stereocenters. The molecule has 0 bridgehead atoms. The number of alkyl halides is 2. The molecule has 2 N–H and O–H groups in total. The van der Waals surface area contributed by atoms with Crippen LogP contribution in [-0.4, -0.2) is 29.0 Å². The average Bonchev–Trinajstić information content (AvgIpc) is 2.64. The lowest BCUT2D eigenvalue weighted by atomic mass is 10.2. The summed E-state index contributed by atoms with van der Waals surface area (Å²) in [5.74, 6) is 0.900.